The summed E-state index contributed by atoms with van der Waals surface area (Å²) in [7, 11) is 0. The van der Waals surface area contributed by atoms with Crippen LogP contribution in [0.25, 0.3) is 78.1 Å². The fourth-order valence-electron chi connectivity index (χ4n) is 6.27. The van der Waals surface area contributed by atoms with Crippen molar-refractivity contribution in [2.75, 3.05) is 0 Å². The van der Waals surface area contributed by atoms with Gasteiger partial charge in [-0.05, 0) is 59.7 Å². The largest absolute Gasteiger partial charge is 0.298 e. The zero-order valence-electron chi connectivity index (χ0n) is 23.7. The van der Waals surface area contributed by atoms with E-state index in [1.54, 1.807) is 0 Å². The second kappa shape index (κ2) is 9.75. The maximum absolute atomic E-state index is 5.17. The molecule has 0 aliphatic carbocycles. The van der Waals surface area contributed by atoms with E-state index in [1.165, 1.54) is 0 Å². The van der Waals surface area contributed by atoms with Crippen LogP contribution in [0.2, 0.25) is 0 Å². The summed E-state index contributed by atoms with van der Waals surface area (Å²) in [6.45, 7) is 0. The molecule has 0 aliphatic rings. The van der Waals surface area contributed by atoms with Gasteiger partial charge in [0, 0.05) is 28.4 Å². The van der Waals surface area contributed by atoms with Gasteiger partial charge in [-0.1, -0.05) is 97.1 Å². The van der Waals surface area contributed by atoms with E-state index in [9.17, 15) is 0 Å². The Hall–Kier alpha value is -6.07. The van der Waals surface area contributed by atoms with Gasteiger partial charge in [0.1, 0.15) is 17.0 Å². The first-order valence-electron chi connectivity index (χ1n) is 14.7. The van der Waals surface area contributed by atoms with E-state index in [4.69, 9.17) is 15.0 Å². The van der Waals surface area contributed by atoms with Crippen LogP contribution < -0.4 is 0 Å². The molecule has 5 nitrogen and oxygen atoms in total. The van der Waals surface area contributed by atoms with Gasteiger partial charge in [0.15, 0.2) is 0 Å². The lowest BCUT2D eigenvalue weighted by molar-refractivity contribution is 1.10. The number of rotatable bonds is 4. The highest BCUT2D eigenvalue weighted by Gasteiger charge is 2.17. The average molecular weight is 564 g/mol. The van der Waals surface area contributed by atoms with Gasteiger partial charge in [-0.3, -0.25) is 8.97 Å². The number of imidazole rings is 2. The molecule has 0 aliphatic heterocycles. The van der Waals surface area contributed by atoms with Gasteiger partial charge < -0.3 is 0 Å². The minimum absolute atomic E-state index is 0.912. The number of hydrogen-bond acceptors (Lipinski definition) is 3. The molecule has 0 fully saturated rings. The first-order valence-corrected chi connectivity index (χ1v) is 14.7. The van der Waals surface area contributed by atoms with E-state index in [2.05, 4.69) is 118 Å². The van der Waals surface area contributed by atoms with Gasteiger partial charge in [-0.25, -0.2) is 15.0 Å². The highest BCUT2D eigenvalue weighted by atomic mass is 15.1. The Morgan fingerprint density at radius 3 is 2.09 bits per heavy atom. The molecule has 206 valence electrons. The molecule has 0 bridgehead atoms. The lowest BCUT2D eigenvalue weighted by Crippen LogP contribution is -1.97. The van der Waals surface area contributed by atoms with Crippen LogP contribution in [-0.2, 0) is 0 Å². The molecule has 4 heterocycles. The summed E-state index contributed by atoms with van der Waals surface area (Å²) >= 11 is 0. The van der Waals surface area contributed by atoms with Crippen molar-refractivity contribution in [2.24, 2.45) is 0 Å². The first kappa shape index (κ1) is 24.5. The first-order chi connectivity index (χ1) is 21.8. The van der Waals surface area contributed by atoms with Crippen LogP contribution in [-0.4, -0.2) is 23.9 Å². The molecule has 5 heteroatoms. The third-order valence-electron chi connectivity index (χ3n) is 8.33. The van der Waals surface area contributed by atoms with Crippen molar-refractivity contribution in [1.82, 2.24) is 23.9 Å². The van der Waals surface area contributed by atoms with E-state index in [-0.39, 0.29) is 0 Å². The summed E-state index contributed by atoms with van der Waals surface area (Å²) in [5.74, 6) is 0.924. The number of benzene rings is 5. The minimum atomic E-state index is 0.912. The van der Waals surface area contributed by atoms with Gasteiger partial charge in [0.2, 0.25) is 0 Å². The smallest absolute Gasteiger partial charge is 0.145 e. The molecule has 5 aromatic carbocycles. The van der Waals surface area contributed by atoms with Crippen LogP contribution in [0, 0.1) is 0 Å². The minimum Gasteiger partial charge on any atom is -0.298 e. The van der Waals surface area contributed by atoms with Crippen molar-refractivity contribution in [3.63, 3.8) is 0 Å². The molecule has 44 heavy (non-hydrogen) atoms. The predicted octanol–water partition coefficient (Wildman–Crippen LogP) is 9.38. The number of aromatic nitrogens is 5. The van der Waals surface area contributed by atoms with Crippen molar-refractivity contribution in [1.29, 1.82) is 0 Å². The lowest BCUT2D eigenvalue weighted by Gasteiger charge is -2.11. The second-order valence-electron chi connectivity index (χ2n) is 11.0. The van der Waals surface area contributed by atoms with Gasteiger partial charge in [0.05, 0.1) is 27.8 Å². The summed E-state index contributed by atoms with van der Waals surface area (Å²) in [5, 5.41) is 1.06. The fourth-order valence-corrected chi connectivity index (χ4v) is 6.27. The monoisotopic (exact) mass is 563 g/mol. The number of hydrogen-bond donors (Lipinski definition) is 0. The number of nitrogens with zero attached hydrogens (tertiary/aromatic N) is 5. The molecule has 9 rings (SSSR count). The van der Waals surface area contributed by atoms with Gasteiger partial charge >= 0.3 is 0 Å². The molecule has 0 unspecified atom stereocenters. The summed E-state index contributed by atoms with van der Waals surface area (Å²) < 4.78 is 4.38. The van der Waals surface area contributed by atoms with E-state index >= 15 is 0 Å². The van der Waals surface area contributed by atoms with Crippen molar-refractivity contribution in [3.05, 3.63) is 152 Å². The predicted molar refractivity (Wildman–Crippen MR) is 179 cm³/mol. The third kappa shape index (κ3) is 3.83. The van der Waals surface area contributed by atoms with Crippen molar-refractivity contribution in [2.45, 2.75) is 0 Å². The lowest BCUT2D eigenvalue weighted by atomic mass is 9.99. The Morgan fingerprint density at radius 1 is 0.477 bits per heavy atom. The topological polar surface area (TPSA) is 48.0 Å². The quantitative estimate of drug-likeness (QED) is 0.214. The SMILES string of the molecule is c1ccc(-n2c(-c3ccc(-c4cccc(-c5nc6ccccc6c6nc7ccccn7c56)c4)cc3)nc3ccccc32)cc1. The molecular formula is C39H25N5. The molecule has 0 N–H and O–H groups in total. The zero-order valence-corrected chi connectivity index (χ0v) is 23.7. The maximum Gasteiger partial charge on any atom is 0.145 e. The highest BCUT2D eigenvalue weighted by molar-refractivity contribution is 6.09. The Bertz CT molecular complexity index is 2490. The van der Waals surface area contributed by atoms with Gasteiger partial charge in [-0.15, -0.1) is 0 Å². The molecule has 0 radical (unpaired) electrons. The molecular weight excluding hydrogens is 538 g/mol. The normalized spacial score (nSPS) is 11.6. The summed E-state index contributed by atoms with van der Waals surface area (Å²) in [6.07, 6.45) is 2.07. The molecule has 9 aromatic rings. The molecule has 4 aromatic heterocycles. The van der Waals surface area contributed by atoms with Crippen molar-refractivity contribution in [3.8, 4) is 39.5 Å². The van der Waals surface area contributed by atoms with E-state index in [0.717, 1.165) is 78.1 Å². The number of fused-ring (bicyclic) bond motifs is 6. The second-order valence-corrected chi connectivity index (χ2v) is 11.0. The van der Waals surface area contributed by atoms with Crippen LogP contribution in [0.4, 0.5) is 0 Å². The van der Waals surface area contributed by atoms with Crippen LogP contribution in [0.3, 0.4) is 0 Å². The van der Waals surface area contributed by atoms with Crippen molar-refractivity contribution >= 4 is 38.6 Å². The summed E-state index contributed by atoms with van der Waals surface area (Å²) in [6, 6.07) is 50.4. The van der Waals surface area contributed by atoms with E-state index in [1.807, 2.05) is 42.5 Å². The van der Waals surface area contributed by atoms with Gasteiger partial charge in [0.25, 0.3) is 0 Å². The van der Waals surface area contributed by atoms with Crippen LogP contribution in [0.1, 0.15) is 0 Å². The standard InChI is InChI=1S/C39H25N5/c1-2-13-30(14-3-1)44-34-18-7-6-17-33(34)41-39(44)27-22-20-26(21-23-27)28-11-10-12-29(25-28)36-38-37(31-15-4-5-16-32(31)40-36)42-35-19-8-9-24-43(35)38/h1-25H. The van der Waals surface area contributed by atoms with Crippen LogP contribution in [0.5, 0.6) is 0 Å². The Balaban J connectivity index is 1.17. The molecule has 0 atom stereocenters. The third-order valence-corrected chi connectivity index (χ3v) is 8.33. The Labute approximate surface area is 253 Å². The number of para-hydroxylation sites is 4. The van der Waals surface area contributed by atoms with E-state index in [0.29, 0.717) is 0 Å². The molecule has 0 saturated carbocycles. The maximum atomic E-state index is 5.17. The Morgan fingerprint density at radius 2 is 1.20 bits per heavy atom. The Kier molecular flexibility index (Phi) is 5.43. The molecule has 0 spiro atoms. The van der Waals surface area contributed by atoms with Crippen LogP contribution >= 0.6 is 0 Å². The highest BCUT2D eigenvalue weighted by Crippen LogP contribution is 2.35. The molecule has 0 amide bonds. The zero-order chi connectivity index (χ0) is 29.0. The van der Waals surface area contributed by atoms with Crippen LogP contribution in [0.15, 0.2) is 152 Å². The average Bonchev–Trinajstić information content (AvgIpc) is 3.68. The summed E-state index contributed by atoms with van der Waals surface area (Å²) in [5.41, 5.74) is 12.3. The van der Waals surface area contributed by atoms with Gasteiger partial charge in [-0.2, -0.15) is 0 Å². The fraction of sp³-hybridized carbons (Fsp3) is 0. The molecule has 0 saturated heterocycles. The summed E-state index contributed by atoms with van der Waals surface area (Å²) in [4.78, 5) is 15.2. The number of pyridine rings is 2. The van der Waals surface area contributed by atoms with Crippen molar-refractivity contribution < 1.29 is 0 Å². The van der Waals surface area contributed by atoms with E-state index < -0.39 is 0 Å².